The van der Waals surface area contributed by atoms with Crippen LogP contribution < -0.4 is 15.4 Å². The maximum atomic E-state index is 14.1. The van der Waals surface area contributed by atoms with E-state index in [4.69, 9.17) is 9.47 Å². The third-order valence-corrected chi connectivity index (χ3v) is 8.41. The third-order valence-electron chi connectivity index (χ3n) is 8.41. The molecule has 3 aliphatic heterocycles. The van der Waals surface area contributed by atoms with E-state index in [1.165, 1.54) is 6.42 Å². The molecule has 3 amide bonds. The molecule has 198 valence electrons. The summed E-state index contributed by atoms with van der Waals surface area (Å²) in [6.45, 7) is 0.271. The smallest absolute Gasteiger partial charge is 0.246 e. The van der Waals surface area contributed by atoms with Gasteiger partial charge in [-0.2, -0.15) is 0 Å². The molecule has 0 unspecified atom stereocenters. The fourth-order valence-corrected chi connectivity index (χ4v) is 6.67. The third kappa shape index (κ3) is 4.17. The summed E-state index contributed by atoms with van der Waals surface area (Å²) < 4.78 is 11.7. The quantitative estimate of drug-likeness (QED) is 0.551. The summed E-state index contributed by atoms with van der Waals surface area (Å²) in [5, 5.41) is 6.17. The van der Waals surface area contributed by atoms with Crippen molar-refractivity contribution in [3.05, 3.63) is 72.3 Å². The van der Waals surface area contributed by atoms with E-state index < -0.39 is 29.6 Å². The SMILES string of the molecule is COc1cccc(NC(=O)[C@H]2[C@@H]3C=C[C@]4(O3)[C@@H]2C(=O)N(Cc2ccccc2)[C@@H]4C(=O)NC2CCCCC2)c1. The Morgan fingerprint density at radius 3 is 2.61 bits per heavy atom. The van der Waals surface area contributed by atoms with Crippen LogP contribution in [-0.2, 0) is 25.7 Å². The number of benzene rings is 2. The number of carbonyl (C=O) groups is 3. The van der Waals surface area contributed by atoms with Crippen molar-refractivity contribution in [2.45, 2.75) is 62.4 Å². The Hall–Kier alpha value is -3.65. The van der Waals surface area contributed by atoms with E-state index in [0.29, 0.717) is 11.4 Å². The second-order valence-corrected chi connectivity index (χ2v) is 10.7. The first-order chi connectivity index (χ1) is 18.5. The zero-order chi connectivity index (χ0) is 26.3. The van der Waals surface area contributed by atoms with Crippen molar-refractivity contribution in [1.29, 1.82) is 0 Å². The zero-order valence-electron chi connectivity index (χ0n) is 21.5. The van der Waals surface area contributed by atoms with Crippen molar-refractivity contribution in [1.82, 2.24) is 10.2 Å². The van der Waals surface area contributed by atoms with Gasteiger partial charge in [0.05, 0.1) is 25.0 Å². The molecule has 38 heavy (non-hydrogen) atoms. The van der Waals surface area contributed by atoms with Gasteiger partial charge in [0, 0.05) is 24.3 Å². The Labute approximate surface area is 222 Å². The van der Waals surface area contributed by atoms with Crippen LogP contribution >= 0.6 is 0 Å². The number of carbonyl (C=O) groups excluding carboxylic acids is 3. The maximum absolute atomic E-state index is 14.1. The molecular weight excluding hydrogens is 482 g/mol. The Morgan fingerprint density at radius 1 is 1.05 bits per heavy atom. The molecule has 4 aliphatic rings. The number of methoxy groups -OCH3 is 1. The normalized spacial score (nSPS) is 29.8. The minimum Gasteiger partial charge on any atom is -0.497 e. The van der Waals surface area contributed by atoms with Crippen LogP contribution in [-0.4, -0.2) is 53.5 Å². The van der Waals surface area contributed by atoms with Crippen molar-refractivity contribution in [3.63, 3.8) is 0 Å². The standard InChI is InChI=1S/C30H33N3O5/c1-37-22-14-8-13-21(17-22)32-27(34)24-23-15-16-30(38-23)25(24)29(36)33(18-19-9-4-2-5-10-19)26(30)28(35)31-20-11-6-3-7-12-20/h2,4-5,8-10,13-17,20,23-26H,3,6-7,11-12,18H2,1H3,(H,31,35)(H,32,34)/t23-,24-,25-,26+,30-/m0/s1. The van der Waals surface area contributed by atoms with E-state index in [1.807, 2.05) is 42.5 Å². The highest BCUT2D eigenvalue weighted by Gasteiger charge is 2.72. The van der Waals surface area contributed by atoms with Crippen molar-refractivity contribution < 1.29 is 23.9 Å². The van der Waals surface area contributed by atoms with Gasteiger partial charge in [0.1, 0.15) is 17.4 Å². The lowest BCUT2D eigenvalue weighted by atomic mass is 9.74. The van der Waals surface area contributed by atoms with Crippen LogP contribution in [0.25, 0.3) is 0 Å². The van der Waals surface area contributed by atoms with E-state index in [0.717, 1.165) is 31.2 Å². The first-order valence-corrected chi connectivity index (χ1v) is 13.5. The molecule has 2 saturated heterocycles. The highest BCUT2D eigenvalue weighted by molar-refractivity contribution is 6.02. The van der Waals surface area contributed by atoms with Gasteiger partial charge in [-0.15, -0.1) is 0 Å². The van der Waals surface area contributed by atoms with Crippen LogP contribution in [0.1, 0.15) is 37.7 Å². The molecule has 2 aromatic rings. The molecule has 2 aromatic carbocycles. The summed E-state index contributed by atoms with van der Waals surface area (Å²) in [5.41, 5.74) is 0.322. The number of hydrogen-bond donors (Lipinski definition) is 2. The van der Waals surface area contributed by atoms with Gasteiger partial charge in [0.15, 0.2) is 0 Å². The van der Waals surface area contributed by atoms with Crippen LogP contribution in [0.4, 0.5) is 5.69 Å². The van der Waals surface area contributed by atoms with E-state index in [-0.39, 0.29) is 30.3 Å². The molecule has 0 radical (unpaired) electrons. The number of nitrogens with zero attached hydrogens (tertiary/aromatic N) is 1. The molecule has 0 aromatic heterocycles. The van der Waals surface area contributed by atoms with Gasteiger partial charge in [0.2, 0.25) is 17.7 Å². The molecule has 8 heteroatoms. The van der Waals surface area contributed by atoms with Crippen molar-refractivity contribution in [3.8, 4) is 5.75 Å². The van der Waals surface area contributed by atoms with Gasteiger partial charge in [-0.1, -0.05) is 67.8 Å². The lowest BCUT2D eigenvalue weighted by Gasteiger charge is -2.34. The fraction of sp³-hybridized carbons (Fsp3) is 0.433. The Kier molecular flexibility index (Phi) is 6.43. The Balaban J connectivity index is 1.31. The maximum Gasteiger partial charge on any atom is 0.246 e. The molecule has 3 fully saturated rings. The fourth-order valence-electron chi connectivity index (χ4n) is 6.67. The molecule has 2 bridgehead atoms. The monoisotopic (exact) mass is 515 g/mol. The number of hydrogen-bond acceptors (Lipinski definition) is 5. The lowest BCUT2D eigenvalue weighted by Crippen LogP contribution is -2.56. The first kappa shape index (κ1) is 24.7. The molecule has 6 rings (SSSR count). The lowest BCUT2D eigenvalue weighted by molar-refractivity contribution is -0.142. The van der Waals surface area contributed by atoms with Gasteiger partial charge in [-0.05, 0) is 30.5 Å². The topological polar surface area (TPSA) is 97.0 Å². The summed E-state index contributed by atoms with van der Waals surface area (Å²) in [4.78, 5) is 43.2. The average molecular weight is 516 g/mol. The number of fused-ring (bicyclic) bond motifs is 1. The molecule has 3 heterocycles. The zero-order valence-corrected chi connectivity index (χ0v) is 21.5. The number of likely N-dealkylation sites (tertiary alicyclic amines) is 1. The van der Waals surface area contributed by atoms with Crippen molar-refractivity contribution in [2.24, 2.45) is 11.8 Å². The Bertz CT molecular complexity index is 1260. The number of rotatable bonds is 7. The molecule has 1 aliphatic carbocycles. The van der Waals surface area contributed by atoms with Crippen LogP contribution in [0.5, 0.6) is 5.75 Å². The van der Waals surface area contributed by atoms with E-state index in [1.54, 1.807) is 36.3 Å². The summed E-state index contributed by atoms with van der Waals surface area (Å²) in [6.07, 6.45) is 8.34. The number of amides is 3. The average Bonchev–Trinajstić information content (AvgIpc) is 3.57. The number of anilines is 1. The molecule has 2 N–H and O–H groups in total. The van der Waals surface area contributed by atoms with Gasteiger partial charge in [-0.25, -0.2) is 0 Å². The highest BCUT2D eigenvalue weighted by Crippen LogP contribution is 2.55. The molecule has 5 atom stereocenters. The van der Waals surface area contributed by atoms with Gasteiger partial charge >= 0.3 is 0 Å². The Morgan fingerprint density at radius 2 is 1.84 bits per heavy atom. The van der Waals surface area contributed by atoms with E-state index in [2.05, 4.69) is 10.6 Å². The van der Waals surface area contributed by atoms with Crippen molar-refractivity contribution in [2.75, 3.05) is 12.4 Å². The predicted octanol–water partition coefficient (Wildman–Crippen LogP) is 3.43. The van der Waals surface area contributed by atoms with E-state index >= 15 is 0 Å². The summed E-state index contributed by atoms with van der Waals surface area (Å²) in [5.74, 6) is -1.65. The molecule has 1 spiro atoms. The van der Waals surface area contributed by atoms with Gasteiger partial charge in [0.25, 0.3) is 0 Å². The van der Waals surface area contributed by atoms with Crippen LogP contribution in [0.15, 0.2) is 66.7 Å². The van der Waals surface area contributed by atoms with Gasteiger partial charge in [-0.3, -0.25) is 14.4 Å². The van der Waals surface area contributed by atoms with Crippen LogP contribution in [0.2, 0.25) is 0 Å². The molecule has 1 saturated carbocycles. The van der Waals surface area contributed by atoms with Crippen molar-refractivity contribution >= 4 is 23.4 Å². The number of ether oxygens (including phenoxy) is 2. The second kappa shape index (κ2) is 9.91. The molecule has 8 nitrogen and oxygen atoms in total. The first-order valence-electron chi connectivity index (χ1n) is 13.5. The molecular formula is C30H33N3O5. The van der Waals surface area contributed by atoms with Gasteiger partial charge < -0.3 is 25.0 Å². The minimum atomic E-state index is -1.17. The minimum absolute atomic E-state index is 0.0927. The highest BCUT2D eigenvalue weighted by atomic mass is 16.5. The summed E-state index contributed by atoms with van der Waals surface area (Å²) in [6, 6.07) is 16.0. The van der Waals surface area contributed by atoms with E-state index in [9.17, 15) is 14.4 Å². The van der Waals surface area contributed by atoms with Crippen LogP contribution in [0, 0.1) is 11.8 Å². The summed E-state index contributed by atoms with van der Waals surface area (Å²) in [7, 11) is 1.57. The second-order valence-electron chi connectivity index (χ2n) is 10.7. The largest absolute Gasteiger partial charge is 0.497 e. The summed E-state index contributed by atoms with van der Waals surface area (Å²) >= 11 is 0. The number of nitrogens with one attached hydrogen (secondary N) is 2. The van der Waals surface area contributed by atoms with Crippen LogP contribution in [0.3, 0.4) is 0 Å². The predicted molar refractivity (Wildman–Crippen MR) is 141 cm³/mol.